The van der Waals surface area contributed by atoms with Gasteiger partial charge in [-0.25, -0.2) is 8.42 Å². The number of nitrogens with zero attached hydrogens (tertiary/aromatic N) is 1. The minimum Gasteiger partial charge on any atom is -0.497 e. The molecule has 1 saturated heterocycles. The van der Waals surface area contributed by atoms with Crippen molar-refractivity contribution in [2.45, 2.75) is 37.0 Å². The number of carbonyl (C=O) groups is 1. The third-order valence-corrected chi connectivity index (χ3v) is 7.09. The van der Waals surface area contributed by atoms with Crippen LogP contribution in [-0.2, 0) is 21.2 Å². The Morgan fingerprint density at radius 2 is 1.70 bits per heavy atom. The molecule has 0 saturated carbocycles. The Morgan fingerprint density at radius 1 is 1.00 bits per heavy atom. The van der Waals surface area contributed by atoms with Crippen molar-refractivity contribution in [1.82, 2.24) is 4.31 Å². The summed E-state index contributed by atoms with van der Waals surface area (Å²) in [4.78, 5) is 12.6. The Kier molecular flexibility index (Phi) is 7.33. The molecule has 8 heteroatoms. The van der Waals surface area contributed by atoms with Gasteiger partial charge in [0.05, 0.1) is 19.1 Å². The minimum atomic E-state index is -3.54. The average Bonchev–Trinajstić information content (AvgIpc) is 2.78. The lowest BCUT2D eigenvalue weighted by Gasteiger charge is -2.26. The van der Waals surface area contributed by atoms with Gasteiger partial charge >= 0.3 is 0 Å². The van der Waals surface area contributed by atoms with E-state index in [2.05, 4.69) is 5.32 Å². The molecule has 7 nitrogen and oxygen atoms in total. The van der Waals surface area contributed by atoms with Crippen LogP contribution in [0.3, 0.4) is 0 Å². The zero-order valence-corrected chi connectivity index (χ0v) is 18.2. The van der Waals surface area contributed by atoms with E-state index in [0.717, 1.165) is 19.3 Å². The molecule has 1 N–H and O–H groups in total. The first-order valence-electron chi connectivity index (χ1n) is 10.0. The van der Waals surface area contributed by atoms with E-state index in [1.54, 1.807) is 53.9 Å². The molecule has 0 spiro atoms. The maximum atomic E-state index is 13.0. The van der Waals surface area contributed by atoms with E-state index in [4.69, 9.17) is 9.47 Å². The number of carbonyl (C=O) groups excluding carboxylic acids is 1. The van der Waals surface area contributed by atoms with Crippen molar-refractivity contribution in [3.05, 3.63) is 48.0 Å². The molecular formula is C22H28N2O5S. The number of hydrogen-bond acceptors (Lipinski definition) is 5. The highest BCUT2D eigenvalue weighted by molar-refractivity contribution is 7.89. The van der Waals surface area contributed by atoms with Crippen molar-refractivity contribution in [3.8, 4) is 11.5 Å². The third-order valence-electron chi connectivity index (χ3n) is 5.20. The topological polar surface area (TPSA) is 84.9 Å². The second-order valence-corrected chi connectivity index (χ2v) is 9.15. The first-order valence-corrected chi connectivity index (χ1v) is 11.5. The molecule has 1 aliphatic heterocycles. The van der Waals surface area contributed by atoms with Gasteiger partial charge in [0.25, 0.3) is 0 Å². The summed E-state index contributed by atoms with van der Waals surface area (Å²) in [5.41, 5.74) is 1.37. The Morgan fingerprint density at radius 3 is 2.33 bits per heavy atom. The van der Waals surface area contributed by atoms with Gasteiger partial charge in [-0.1, -0.05) is 6.42 Å². The van der Waals surface area contributed by atoms with Crippen molar-refractivity contribution in [2.24, 2.45) is 0 Å². The third kappa shape index (κ3) is 5.31. The molecule has 1 heterocycles. The normalized spacial score (nSPS) is 14.9. The van der Waals surface area contributed by atoms with Crippen LogP contribution in [0.2, 0.25) is 0 Å². The molecule has 30 heavy (non-hydrogen) atoms. The Hall–Kier alpha value is -2.58. The van der Waals surface area contributed by atoms with Crippen LogP contribution in [0.1, 0.15) is 31.2 Å². The molecule has 1 aliphatic rings. The molecule has 162 valence electrons. The first-order chi connectivity index (χ1) is 14.4. The number of piperidine rings is 1. The van der Waals surface area contributed by atoms with Crippen LogP contribution in [0, 0.1) is 0 Å². The fourth-order valence-electron chi connectivity index (χ4n) is 3.51. The second-order valence-electron chi connectivity index (χ2n) is 7.22. The largest absolute Gasteiger partial charge is 0.497 e. The molecule has 0 radical (unpaired) electrons. The van der Waals surface area contributed by atoms with Crippen LogP contribution < -0.4 is 14.8 Å². The Balaban J connectivity index is 1.69. The lowest BCUT2D eigenvalue weighted by atomic mass is 10.1. The molecule has 3 rings (SSSR count). The lowest BCUT2D eigenvalue weighted by Crippen LogP contribution is -2.35. The number of methoxy groups -OCH3 is 2. The van der Waals surface area contributed by atoms with E-state index >= 15 is 0 Å². The quantitative estimate of drug-likeness (QED) is 0.691. The van der Waals surface area contributed by atoms with Crippen LogP contribution in [0.15, 0.2) is 47.4 Å². The standard InChI is InChI=1S/C22H28N2O5S/c1-28-19-9-7-18(8-10-19)23-22(25)13-6-17-16-20(11-12-21(17)29-2)30(26,27)24-14-4-3-5-15-24/h7-12,16H,3-6,13-15H2,1-2H3,(H,23,25). The van der Waals surface area contributed by atoms with Gasteiger partial charge < -0.3 is 14.8 Å². The van der Waals surface area contributed by atoms with E-state index < -0.39 is 10.0 Å². The van der Waals surface area contributed by atoms with E-state index in [0.29, 0.717) is 42.3 Å². The molecule has 2 aromatic rings. The predicted octanol–water partition coefficient (Wildman–Crippen LogP) is 3.45. The van der Waals surface area contributed by atoms with Crippen molar-refractivity contribution in [3.63, 3.8) is 0 Å². The summed E-state index contributed by atoms with van der Waals surface area (Å²) in [6.45, 7) is 1.10. The van der Waals surface area contributed by atoms with E-state index in [1.165, 1.54) is 7.11 Å². The summed E-state index contributed by atoms with van der Waals surface area (Å²) < 4.78 is 38.0. The highest BCUT2D eigenvalue weighted by Crippen LogP contribution is 2.27. The van der Waals surface area contributed by atoms with Gasteiger partial charge in [-0.3, -0.25) is 4.79 Å². The van der Waals surface area contributed by atoms with Crippen LogP contribution in [0.4, 0.5) is 5.69 Å². The summed E-state index contributed by atoms with van der Waals surface area (Å²) in [6.07, 6.45) is 3.40. The molecule has 0 aliphatic carbocycles. The van der Waals surface area contributed by atoms with Crippen molar-refractivity contribution >= 4 is 21.6 Å². The molecular weight excluding hydrogens is 404 g/mol. The number of aryl methyl sites for hydroxylation is 1. The molecule has 1 amide bonds. The molecule has 0 unspecified atom stereocenters. The maximum Gasteiger partial charge on any atom is 0.243 e. The predicted molar refractivity (Wildman–Crippen MR) is 116 cm³/mol. The fourth-order valence-corrected chi connectivity index (χ4v) is 5.08. The van der Waals surface area contributed by atoms with Crippen LogP contribution >= 0.6 is 0 Å². The zero-order chi connectivity index (χ0) is 21.6. The Bertz CT molecular complexity index is 968. The molecule has 2 aromatic carbocycles. The molecule has 0 aromatic heterocycles. The number of ether oxygens (including phenoxy) is 2. The Labute approximate surface area is 178 Å². The average molecular weight is 433 g/mol. The number of benzene rings is 2. The van der Waals surface area contributed by atoms with Gasteiger partial charge in [0.1, 0.15) is 11.5 Å². The molecule has 1 fully saturated rings. The van der Waals surface area contributed by atoms with Gasteiger partial charge in [-0.05, 0) is 67.3 Å². The summed E-state index contributed by atoms with van der Waals surface area (Å²) >= 11 is 0. The summed E-state index contributed by atoms with van der Waals surface area (Å²) in [7, 11) is -0.417. The second kappa shape index (κ2) is 9.95. The lowest BCUT2D eigenvalue weighted by molar-refractivity contribution is -0.116. The van der Waals surface area contributed by atoms with Crippen LogP contribution in [0.5, 0.6) is 11.5 Å². The van der Waals surface area contributed by atoms with Gasteiger partial charge in [-0.2, -0.15) is 4.31 Å². The molecule has 0 bridgehead atoms. The van der Waals surface area contributed by atoms with Crippen LogP contribution in [0.25, 0.3) is 0 Å². The van der Waals surface area contributed by atoms with Crippen molar-refractivity contribution in [1.29, 1.82) is 0 Å². The van der Waals surface area contributed by atoms with Gasteiger partial charge in [0, 0.05) is 25.2 Å². The van der Waals surface area contributed by atoms with Crippen LogP contribution in [-0.4, -0.2) is 45.9 Å². The van der Waals surface area contributed by atoms with Gasteiger partial charge in [-0.15, -0.1) is 0 Å². The van der Waals surface area contributed by atoms with Crippen molar-refractivity contribution < 1.29 is 22.7 Å². The first kappa shape index (κ1) is 22.1. The highest BCUT2D eigenvalue weighted by atomic mass is 32.2. The monoisotopic (exact) mass is 432 g/mol. The number of sulfonamides is 1. The maximum absolute atomic E-state index is 13.0. The SMILES string of the molecule is COc1ccc(NC(=O)CCc2cc(S(=O)(=O)N3CCCCC3)ccc2OC)cc1. The summed E-state index contributed by atoms with van der Waals surface area (Å²) in [5, 5.41) is 2.84. The van der Waals surface area contributed by atoms with Crippen molar-refractivity contribution in [2.75, 3.05) is 32.6 Å². The highest BCUT2D eigenvalue weighted by Gasteiger charge is 2.26. The van der Waals surface area contributed by atoms with E-state index in [1.807, 2.05) is 0 Å². The molecule has 0 atom stereocenters. The number of amides is 1. The van der Waals surface area contributed by atoms with Gasteiger partial charge in [0.15, 0.2) is 0 Å². The summed E-state index contributed by atoms with van der Waals surface area (Å²) in [5.74, 6) is 1.13. The van der Waals surface area contributed by atoms with E-state index in [9.17, 15) is 13.2 Å². The van der Waals surface area contributed by atoms with Gasteiger partial charge in [0.2, 0.25) is 15.9 Å². The number of rotatable bonds is 8. The summed E-state index contributed by atoms with van der Waals surface area (Å²) in [6, 6.07) is 11.9. The fraction of sp³-hybridized carbons (Fsp3) is 0.409. The smallest absolute Gasteiger partial charge is 0.243 e. The number of hydrogen-bond donors (Lipinski definition) is 1. The van der Waals surface area contributed by atoms with E-state index in [-0.39, 0.29) is 17.2 Å². The minimum absolute atomic E-state index is 0.161. The number of nitrogens with one attached hydrogen (secondary N) is 1. The zero-order valence-electron chi connectivity index (χ0n) is 17.4. The number of anilines is 1.